The van der Waals surface area contributed by atoms with Crippen LogP contribution in [0.2, 0.25) is 0 Å². The Balaban J connectivity index is 2.16. The number of carbonyl (C=O) groups is 1. The number of hydrogen-bond donors (Lipinski definition) is 2. The lowest BCUT2D eigenvalue weighted by atomic mass is 9.98. The zero-order chi connectivity index (χ0) is 23.8. The Hall–Kier alpha value is -2.26. The summed E-state index contributed by atoms with van der Waals surface area (Å²) >= 11 is 0. The molecule has 0 bridgehead atoms. The summed E-state index contributed by atoms with van der Waals surface area (Å²) in [6.07, 6.45) is 1.83. The quantitative estimate of drug-likeness (QED) is 0.429. The first kappa shape index (κ1) is 26.0. The van der Waals surface area contributed by atoms with Crippen molar-refractivity contribution < 1.29 is 37.3 Å². The molecule has 0 radical (unpaired) electrons. The van der Waals surface area contributed by atoms with Crippen molar-refractivity contribution in [2.75, 3.05) is 19.8 Å². The van der Waals surface area contributed by atoms with Gasteiger partial charge >= 0.3 is 12.3 Å². The first-order valence-electron chi connectivity index (χ1n) is 10.8. The van der Waals surface area contributed by atoms with E-state index in [1.54, 1.807) is 13.8 Å². The largest absolute Gasteiger partial charge is 0.493 e. The van der Waals surface area contributed by atoms with Crippen LogP contribution in [0, 0.1) is 0 Å². The van der Waals surface area contributed by atoms with Crippen LogP contribution in [-0.2, 0) is 15.7 Å². The van der Waals surface area contributed by atoms with Gasteiger partial charge in [-0.1, -0.05) is 50.8 Å². The van der Waals surface area contributed by atoms with Gasteiger partial charge in [-0.25, -0.2) is 4.79 Å². The predicted molar refractivity (Wildman–Crippen MR) is 115 cm³/mol. The van der Waals surface area contributed by atoms with Crippen molar-refractivity contribution in [3.63, 3.8) is 0 Å². The van der Waals surface area contributed by atoms with E-state index in [4.69, 9.17) is 14.2 Å². The molecule has 1 saturated heterocycles. The average Bonchev–Trinajstić information content (AvgIpc) is 2.70. The Morgan fingerprint density at radius 1 is 1.19 bits per heavy atom. The van der Waals surface area contributed by atoms with Gasteiger partial charge in [-0.15, -0.1) is 0 Å². The molecule has 1 aromatic carbocycles. The Morgan fingerprint density at radius 2 is 1.84 bits per heavy atom. The van der Waals surface area contributed by atoms with E-state index in [0.29, 0.717) is 6.42 Å². The smallest absolute Gasteiger partial charge is 0.419 e. The number of ether oxygens (including phenoxy) is 3. The second-order valence-electron chi connectivity index (χ2n) is 8.41. The fourth-order valence-electron chi connectivity index (χ4n) is 3.25. The van der Waals surface area contributed by atoms with Crippen LogP contribution in [0.5, 0.6) is 5.75 Å². The summed E-state index contributed by atoms with van der Waals surface area (Å²) in [4.78, 5) is 11.2. The summed E-state index contributed by atoms with van der Waals surface area (Å²) in [7, 11) is 0. The minimum atomic E-state index is -4.58. The Kier molecular flexibility index (Phi) is 8.98. The molecule has 6 nitrogen and oxygen atoms in total. The Labute approximate surface area is 186 Å². The number of hydrogen-bond acceptors (Lipinski definition) is 4. The monoisotopic (exact) mass is 459 g/mol. The van der Waals surface area contributed by atoms with Crippen LogP contribution in [-0.4, -0.2) is 42.3 Å². The maximum absolute atomic E-state index is 13.6. The van der Waals surface area contributed by atoms with Crippen molar-refractivity contribution >= 4 is 12.2 Å². The molecule has 1 fully saturated rings. The Morgan fingerprint density at radius 3 is 2.44 bits per heavy atom. The molecular weight excluding hydrogens is 427 g/mol. The number of unbranched alkanes of at least 4 members (excludes halogenated alkanes) is 4. The molecule has 1 aromatic rings. The number of nitrogens with one attached hydrogen (secondary N) is 1. The number of alkyl halides is 3. The normalized spacial score (nSPS) is 17.9. The lowest BCUT2D eigenvalue weighted by Crippen LogP contribution is -2.59. The van der Waals surface area contributed by atoms with Crippen molar-refractivity contribution in [2.45, 2.75) is 70.4 Å². The number of carboxylic acid groups (broad SMARTS) is 1. The summed E-state index contributed by atoms with van der Waals surface area (Å²) < 4.78 is 57.3. The molecule has 0 atom stereocenters. The third-order valence-corrected chi connectivity index (χ3v) is 5.12. The molecule has 0 spiro atoms. The molecule has 2 N–H and O–H groups in total. The topological polar surface area (TPSA) is 77.0 Å². The maximum Gasteiger partial charge on any atom is 0.419 e. The molecule has 0 saturated carbocycles. The van der Waals surface area contributed by atoms with Crippen molar-refractivity contribution in [3.8, 4) is 5.75 Å². The van der Waals surface area contributed by atoms with Crippen LogP contribution in [0.4, 0.5) is 18.0 Å². The van der Waals surface area contributed by atoms with Gasteiger partial charge in [0.2, 0.25) is 0 Å². The van der Waals surface area contributed by atoms with E-state index in [1.807, 2.05) is 0 Å². The molecule has 1 aliphatic rings. The maximum atomic E-state index is 13.6. The lowest BCUT2D eigenvalue weighted by molar-refractivity contribution is -0.263. The molecule has 1 heterocycles. The second kappa shape index (κ2) is 11.0. The van der Waals surface area contributed by atoms with E-state index >= 15 is 0 Å². The third kappa shape index (κ3) is 8.02. The molecule has 9 heteroatoms. The SMILES string of the molecule is CCCCCCCOc1ccc(/C=C/C2(NC(=O)O)COC(C)(C)OC2)cc1C(F)(F)F. The van der Waals surface area contributed by atoms with Crippen LogP contribution in [0.25, 0.3) is 6.08 Å². The molecular formula is C23H32F3NO5. The minimum Gasteiger partial charge on any atom is -0.493 e. The molecule has 0 unspecified atom stereocenters. The highest BCUT2D eigenvalue weighted by Crippen LogP contribution is 2.37. The van der Waals surface area contributed by atoms with Crippen LogP contribution >= 0.6 is 0 Å². The number of amides is 1. The first-order valence-corrected chi connectivity index (χ1v) is 10.8. The van der Waals surface area contributed by atoms with Crippen LogP contribution in [0.3, 0.4) is 0 Å². The molecule has 32 heavy (non-hydrogen) atoms. The second-order valence-corrected chi connectivity index (χ2v) is 8.41. The van der Waals surface area contributed by atoms with Gasteiger partial charge in [0.25, 0.3) is 0 Å². The van der Waals surface area contributed by atoms with Crippen molar-refractivity contribution in [2.24, 2.45) is 0 Å². The van der Waals surface area contributed by atoms with Crippen LogP contribution < -0.4 is 10.1 Å². The van der Waals surface area contributed by atoms with E-state index in [2.05, 4.69) is 12.2 Å². The summed E-state index contributed by atoms with van der Waals surface area (Å²) in [5.74, 6) is -1.09. The van der Waals surface area contributed by atoms with Gasteiger partial charge in [0, 0.05) is 0 Å². The molecule has 180 valence electrons. The highest BCUT2D eigenvalue weighted by atomic mass is 19.4. The fraction of sp³-hybridized carbons (Fsp3) is 0.609. The van der Waals surface area contributed by atoms with Gasteiger partial charge in [-0.05, 0) is 38.0 Å². The molecule has 2 rings (SSSR count). The van der Waals surface area contributed by atoms with Crippen LogP contribution in [0.15, 0.2) is 24.3 Å². The molecule has 0 aliphatic carbocycles. The number of rotatable bonds is 10. The summed E-state index contributed by atoms with van der Waals surface area (Å²) in [6.45, 7) is 5.66. The molecule has 1 amide bonds. The minimum absolute atomic E-state index is 0.0197. The van der Waals surface area contributed by atoms with E-state index in [9.17, 15) is 23.1 Å². The highest BCUT2D eigenvalue weighted by Gasteiger charge is 2.40. The van der Waals surface area contributed by atoms with Gasteiger partial charge in [0.1, 0.15) is 11.3 Å². The van der Waals surface area contributed by atoms with E-state index in [1.165, 1.54) is 24.3 Å². The summed E-state index contributed by atoms with van der Waals surface area (Å²) in [5.41, 5.74) is -1.83. The predicted octanol–water partition coefficient (Wildman–Crippen LogP) is 5.86. The molecule has 0 aromatic heterocycles. The molecule has 1 aliphatic heterocycles. The summed E-state index contributed by atoms with van der Waals surface area (Å²) in [5, 5.41) is 11.5. The van der Waals surface area contributed by atoms with Gasteiger partial charge in [-0.3, -0.25) is 0 Å². The summed E-state index contributed by atoms with van der Waals surface area (Å²) in [6, 6.07) is 3.79. The Bertz CT molecular complexity index is 782. The van der Waals surface area contributed by atoms with E-state index < -0.39 is 29.2 Å². The fourth-order valence-corrected chi connectivity index (χ4v) is 3.25. The standard InChI is InChI=1S/C23H32F3NO5/c1-4-5-6-7-8-13-30-19-10-9-17(14-18(19)23(24,25)26)11-12-22(27-20(28)29)15-31-21(2,3)32-16-22/h9-12,14,27H,4-8,13,15-16H2,1-3H3,(H,28,29)/b12-11+. The average molecular weight is 460 g/mol. The number of halogens is 3. The zero-order valence-electron chi connectivity index (χ0n) is 18.8. The van der Waals surface area contributed by atoms with Gasteiger partial charge in [0.15, 0.2) is 5.79 Å². The van der Waals surface area contributed by atoms with Gasteiger partial charge in [0.05, 0.1) is 25.4 Å². The highest BCUT2D eigenvalue weighted by molar-refractivity contribution is 5.67. The van der Waals surface area contributed by atoms with Crippen LogP contribution in [0.1, 0.15) is 64.0 Å². The zero-order valence-corrected chi connectivity index (χ0v) is 18.8. The third-order valence-electron chi connectivity index (χ3n) is 5.12. The lowest BCUT2D eigenvalue weighted by Gasteiger charge is -2.41. The van der Waals surface area contributed by atoms with Gasteiger partial charge < -0.3 is 24.6 Å². The number of benzene rings is 1. The van der Waals surface area contributed by atoms with E-state index in [0.717, 1.165) is 31.7 Å². The van der Waals surface area contributed by atoms with Crippen molar-refractivity contribution in [1.82, 2.24) is 5.32 Å². The van der Waals surface area contributed by atoms with Crippen molar-refractivity contribution in [1.29, 1.82) is 0 Å². The first-order chi connectivity index (χ1) is 15.0. The van der Waals surface area contributed by atoms with E-state index in [-0.39, 0.29) is 31.1 Å². The van der Waals surface area contributed by atoms with Gasteiger partial charge in [-0.2, -0.15) is 13.2 Å². The van der Waals surface area contributed by atoms with Crippen molar-refractivity contribution in [3.05, 3.63) is 35.4 Å².